The van der Waals surface area contributed by atoms with E-state index in [4.69, 9.17) is 9.47 Å². The molecule has 0 unspecified atom stereocenters. The summed E-state index contributed by atoms with van der Waals surface area (Å²) in [4.78, 5) is 13.6. The van der Waals surface area contributed by atoms with Crippen molar-refractivity contribution in [3.8, 4) is 0 Å². The molecule has 2 fully saturated rings. The van der Waals surface area contributed by atoms with Crippen LogP contribution in [-0.2, 0) is 14.3 Å². The molecule has 1 N–H and O–H groups in total. The Morgan fingerprint density at radius 3 is 2.25 bits per heavy atom. The van der Waals surface area contributed by atoms with Gasteiger partial charge in [0.25, 0.3) is 0 Å². The van der Waals surface area contributed by atoms with Gasteiger partial charge in [-0.1, -0.05) is 0 Å². The normalized spacial score (nSPS) is 26.5. The van der Waals surface area contributed by atoms with E-state index in [0.717, 1.165) is 13.1 Å². The molecule has 0 radical (unpaired) electrons. The van der Waals surface area contributed by atoms with E-state index in [1.54, 1.807) is 0 Å². The Hall–Kier alpha value is -0.650. The fourth-order valence-corrected chi connectivity index (χ4v) is 2.39. The van der Waals surface area contributed by atoms with Crippen LogP contribution in [0.15, 0.2) is 0 Å². The highest BCUT2D eigenvalue weighted by atomic mass is 16.5. The second kappa shape index (κ2) is 5.12. The lowest BCUT2D eigenvalue weighted by Gasteiger charge is -2.38. The number of aliphatic carboxylic acids is 1. The highest BCUT2D eigenvalue weighted by Crippen LogP contribution is 2.32. The van der Waals surface area contributed by atoms with Crippen LogP contribution in [0.2, 0.25) is 0 Å². The molecule has 2 aliphatic heterocycles. The number of morpholine rings is 1. The van der Waals surface area contributed by atoms with Crippen molar-refractivity contribution in [3.05, 3.63) is 0 Å². The van der Waals surface area contributed by atoms with Gasteiger partial charge in [-0.15, -0.1) is 0 Å². The van der Waals surface area contributed by atoms with Crippen molar-refractivity contribution < 1.29 is 19.4 Å². The van der Waals surface area contributed by atoms with Crippen LogP contribution in [0.25, 0.3) is 0 Å². The smallest absolute Gasteiger partial charge is 0.311 e. The molecule has 0 spiro atoms. The molecule has 16 heavy (non-hydrogen) atoms. The van der Waals surface area contributed by atoms with E-state index in [2.05, 4.69) is 4.90 Å². The van der Waals surface area contributed by atoms with Crippen molar-refractivity contribution in [2.75, 3.05) is 46.1 Å². The summed E-state index contributed by atoms with van der Waals surface area (Å²) in [6.07, 6.45) is 1.25. The number of rotatable bonds is 3. The van der Waals surface area contributed by atoms with Crippen LogP contribution in [0.5, 0.6) is 0 Å². The second-order valence-electron chi connectivity index (χ2n) is 4.59. The molecular formula is C11H19NO4. The van der Waals surface area contributed by atoms with Crippen molar-refractivity contribution in [1.82, 2.24) is 4.90 Å². The van der Waals surface area contributed by atoms with Gasteiger partial charge < -0.3 is 14.6 Å². The molecule has 92 valence electrons. The number of hydrogen-bond donors (Lipinski definition) is 1. The van der Waals surface area contributed by atoms with Crippen LogP contribution in [0.4, 0.5) is 0 Å². The maximum Gasteiger partial charge on any atom is 0.311 e. The minimum absolute atomic E-state index is 0.566. The number of carbonyl (C=O) groups is 1. The molecule has 0 aromatic heterocycles. The second-order valence-corrected chi connectivity index (χ2v) is 4.59. The van der Waals surface area contributed by atoms with Crippen molar-refractivity contribution in [3.63, 3.8) is 0 Å². The molecule has 5 heteroatoms. The summed E-state index contributed by atoms with van der Waals surface area (Å²) >= 11 is 0. The van der Waals surface area contributed by atoms with Crippen LogP contribution < -0.4 is 0 Å². The molecule has 0 saturated carbocycles. The van der Waals surface area contributed by atoms with Crippen molar-refractivity contribution in [2.24, 2.45) is 5.41 Å². The van der Waals surface area contributed by atoms with Crippen LogP contribution in [0.1, 0.15) is 12.8 Å². The van der Waals surface area contributed by atoms with E-state index in [9.17, 15) is 9.90 Å². The first-order chi connectivity index (χ1) is 7.73. The quantitative estimate of drug-likeness (QED) is 0.749. The summed E-state index contributed by atoms with van der Waals surface area (Å²) in [5.74, 6) is -0.678. The highest BCUT2D eigenvalue weighted by molar-refractivity contribution is 5.75. The van der Waals surface area contributed by atoms with Gasteiger partial charge in [-0.3, -0.25) is 9.69 Å². The molecule has 0 bridgehead atoms. The van der Waals surface area contributed by atoms with Gasteiger partial charge in [0.1, 0.15) is 0 Å². The average Bonchev–Trinajstić information content (AvgIpc) is 2.31. The summed E-state index contributed by atoms with van der Waals surface area (Å²) < 4.78 is 10.5. The van der Waals surface area contributed by atoms with E-state index in [1.807, 2.05) is 0 Å². The number of carboxylic acid groups (broad SMARTS) is 1. The standard InChI is InChI=1S/C11H19NO4/c13-10(14)11(1-5-15-6-2-11)9-12-3-7-16-8-4-12/h1-9H2,(H,13,14). The van der Waals surface area contributed by atoms with Gasteiger partial charge in [0, 0.05) is 32.8 Å². The predicted molar refractivity (Wildman–Crippen MR) is 57.4 cm³/mol. The summed E-state index contributed by atoms with van der Waals surface area (Å²) in [5, 5.41) is 9.41. The van der Waals surface area contributed by atoms with E-state index < -0.39 is 11.4 Å². The largest absolute Gasteiger partial charge is 0.481 e. The highest BCUT2D eigenvalue weighted by Gasteiger charge is 2.41. The Bertz CT molecular complexity index is 244. The van der Waals surface area contributed by atoms with Gasteiger partial charge >= 0.3 is 5.97 Å². The summed E-state index contributed by atoms with van der Waals surface area (Å²) in [6.45, 7) is 4.88. The molecule has 0 amide bonds. The molecule has 0 aromatic carbocycles. The minimum Gasteiger partial charge on any atom is -0.481 e. The summed E-state index contributed by atoms with van der Waals surface area (Å²) in [7, 11) is 0. The zero-order chi connectivity index (χ0) is 11.4. The molecule has 2 heterocycles. The lowest BCUT2D eigenvalue weighted by Crippen LogP contribution is -2.49. The Balaban J connectivity index is 1.98. The van der Waals surface area contributed by atoms with Crippen molar-refractivity contribution in [2.45, 2.75) is 12.8 Å². The number of nitrogens with zero attached hydrogens (tertiary/aromatic N) is 1. The molecule has 0 atom stereocenters. The van der Waals surface area contributed by atoms with Gasteiger partial charge in [0.2, 0.25) is 0 Å². The maximum atomic E-state index is 11.4. The summed E-state index contributed by atoms with van der Waals surface area (Å²) in [6, 6.07) is 0. The van der Waals surface area contributed by atoms with Gasteiger partial charge in [0.05, 0.1) is 18.6 Å². The van der Waals surface area contributed by atoms with E-state index >= 15 is 0 Å². The Morgan fingerprint density at radius 2 is 1.69 bits per heavy atom. The fraction of sp³-hybridized carbons (Fsp3) is 0.909. The zero-order valence-corrected chi connectivity index (χ0v) is 9.48. The van der Waals surface area contributed by atoms with Crippen LogP contribution in [-0.4, -0.2) is 62.0 Å². The third kappa shape index (κ3) is 2.53. The molecule has 2 aliphatic rings. The zero-order valence-electron chi connectivity index (χ0n) is 9.48. The first kappa shape index (κ1) is 11.8. The predicted octanol–water partition coefficient (Wildman–Crippen LogP) is 0.200. The van der Waals surface area contributed by atoms with Gasteiger partial charge in [-0.2, -0.15) is 0 Å². The Kier molecular flexibility index (Phi) is 3.78. The summed E-state index contributed by atoms with van der Waals surface area (Å²) in [5.41, 5.74) is -0.602. The lowest BCUT2D eigenvalue weighted by atomic mass is 9.79. The van der Waals surface area contributed by atoms with Gasteiger partial charge in [-0.05, 0) is 12.8 Å². The molecule has 5 nitrogen and oxygen atoms in total. The topological polar surface area (TPSA) is 59.0 Å². The molecular weight excluding hydrogens is 210 g/mol. The average molecular weight is 229 g/mol. The lowest BCUT2D eigenvalue weighted by molar-refractivity contribution is -0.157. The Morgan fingerprint density at radius 1 is 1.12 bits per heavy atom. The number of ether oxygens (including phenoxy) is 2. The maximum absolute atomic E-state index is 11.4. The van der Waals surface area contributed by atoms with E-state index in [1.165, 1.54) is 0 Å². The van der Waals surface area contributed by atoms with Crippen LogP contribution >= 0.6 is 0 Å². The van der Waals surface area contributed by atoms with E-state index in [0.29, 0.717) is 45.8 Å². The van der Waals surface area contributed by atoms with E-state index in [-0.39, 0.29) is 0 Å². The van der Waals surface area contributed by atoms with Gasteiger partial charge in [-0.25, -0.2) is 0 Å². The first-order valence-corrected chi connectivity index (χ1v) is 5.84. The monoisotopic (exact) mass is 229 g/mol. The molecule has 2 saturated heterocycles. The third-order valence-corrected chi connectivity index (χ3v) is 3.53. The molecule has 2 rings (SSSR count). The van der Waals surface area contributed by atoms with Crippen molar-refractivity contribution >= 4 is 5.97 Å². The fourth-order valence-electron chi connectivity index (χ4n) is 2.39. The minimum atomic E-state index is -0.678. The van der Waals surface area contributed by atoms with Crippen molar-refractivity contribution in [1.29, 1.82) is 0 Å². The number of carboxylic acids is 1. The third-order valence-electron chi connectivity index (χ3n) is 3.53. The Labute approximate surface area is 95.3 Å². The first-order valence-electron chi connectivity index (χ1n) is 5.84. The van der Waals surface area contributed by atoms with Crippen LogP contribution in [0, 0.1) is 5.41 Å². The van der Waals surface area contributed by atoms with Gasteiger partial charge in [0.15, 0.2) is 0 Å². The molecule has 0 aromatic rings. The van der Waals surface area contributed by atoms with Crippen LogP contribution in [0.3, 0.4) is 0 Å². The number of hydrogen-bond acceptors (Lipinski definition) is 4. The molecule has 0 aliphatic carbocycles. The SMILES string of the molecule is O=C(O)C1(CN2CCOCC2)CCOCC1.